The van der Waals surface area contributed by atoms with Gasteiger partial charge in [0.25, 0.3) is 0 Å². The van der Waals surface area contributed by atoms with Gasteiger partial charge in [0, 0.05) is 5.75 Å². The van der Waals surface area contributed by atoms with E-state index >= 15 is 0 Å². The van der Waals surface area contributed by atoms with Crippen LogP contribution in [0.5, 0.6) is 0 Å². The van der Waals surface area contributed by atoms with Crippen LogP contribution in [0.3, 0.4) is 0 Å². The third-order valence-corrected chi connectivity index (χ3v) is 4.36. The second-order valence-corrected chi connectivity index (χ2v) is 5.72. The normalized spacial score (nSPS) is 14.6. The molecule has 0 aliphatic heterocycles. The van der Waals surface area contributed by atoms with Crippen molar-refractivity contribution in [2.75, 3.05) is 12.8 Å². The van der Waals surface area contributed by atoms with Crippen molar-refractivity contribution >= 4 is 29.1 Å². The van der Waals surface area contributed by atoms with E-state index in [1.165, 1.54) is 11.3 Å². The summed E-state index contributed by atoms with van der Waals surface area (Å²) in [6.07, 6.45) is 1.43. The van der Waals surface area contributed by atoms with E-state index in [1.807, 2.05) is 0 Å². The van der Waals surface area contributed by atoms with Crippen molar-refractivity contribution in [2.45, 2.75) is 29.6 Å². The molecule has 0 aliphatic rings. The summed E-state index contributed by atoms with van der Waals surface area (Å²) < 4.78 is 0.932. The van der Waals surface area contributed by atoms with E-state index in [-0.39, 0.29) is 0 Å². The first kappa shape index (κ1) is 13.4. The predicted molar refractivity (Wildman–Crippen MR) is 65.0 cm³/mol. The van der Waals surface area contributed by atoms with Crippen molar-refractivity contribution in [2.24, 2.45) is 0 Å². The molecule has 1 aromatic heterocycles. The van der Waals surface area contributed by atoms with Crippen LogP contribution in [-0.2, 0) is 4.79 Å². The Labute approximate surface area is 103 Å². The number of nitrogens with zero attached hydrogens (tertiary/aromatic N) is 2. The Kier molecular flexibility index (Phi) is 5.17. The van der Waals surface area contributed by atoms with Crippen LogP contribution in [0.15, 0.2) is 9.85 Å². The number of hydrogen-bond acceptors (Lipinski definition) is 6. The summed E-state index contributed by atoms with van der Waals surface area (Å²) in [5, 5.41) is 19.5. The average Bonchev–Trinajstić information content (AvgIpc) is 2.76. The molecule has 0 saturated heterocycles. The first-order chi connectivity index (χ1) is 7.58. The molecule has 0 aromatic carbocycles. The lowest BCUT2D eigenvalue weighted by Crippen LogP contribution is -2.47. The topological polar surface area (TPSA) is 75.1 Å². The fourth-order valence-electron chi connectivity index (χ4n) is 1.15. The molecular weight excluding hydrogens is 246 g/mol. The molecule has 0 fully saturated rings. The number of rotatable bonds is 7. The minimum atomic E-state index is -0.832. The number of hydrogen-bond donors (Lipinski definition) is 2. The summed E-state index contributed by atoms with van der Waals surface area (Å²) >= 11 is 3.12. The Morgan fingerprint density at radius 1 is 1.75 bits per heavy atom. The summed E-state index contributed by atoms with van der Waals surface area (Å²) in [6, 6.07) is 0. The summed E-state index contributed by atoms with van der Waals surface area (Å²) in [4.78, 5) is 11.0. The van der Waals surface area contributed by atoms with E-state index in [1.54, 1.807) is 31.2 Å². The van der Waals surface area contributed by atoms with Crippen molar-refractivity contribution in [1.29, 1.82) is 0 Å². The smallest absolute Gasteiger partial charge is 0.323 e. The molecule has 1 atom stereocenters. The maximum absolute atomic E-state index is 11.0. The van der Waals surface area contributed by atoms with Crippen molar-refractivity contribution in [3.05, 3.63) is 5.51 Å². The van der Waals surface area contributed by atoms with Gasteiger partial charge in [0.2, 0.25) is 0 Å². The van der Waals surface area contributed by atoms with Crippen LogP contribution in [-0.4, -0.2) is 39.6 Å². The van der Waals surface area contributed by atoms with Crippen molar-refractivity contribution in [3.8, 4) is 0 Å². The van der Waals surface area contributed by atoms with E-state index in [9.17, 15) is 4.79 Å². The van der Waals surface area contributed by atoms with Crippen LogP contribution >= 0.6 is 23.1 Å². The number of aromatic nitrogens is 2. The first-order valence-electron chi connectivity index (χ1n) is 4.90. The molecule has 0 amide bonds. The lowest BCUT2D eigenvalue weighted by Gasteiger charge is -2.23. The van der Waals surface area contributed by atoms with Crippen molar-refractivity contribution < 1.29 is 9.90 Å². The third kappa shape index (κ3) is 3.73. The largest absolute Gasteiger partial charge is 0.480 e. The Bertz CT molecular complexity index is 332. The third-order valence-electron chi connectivity index (χ3n) is 2.41. The Balaban J connectivity index is 2.26. The highest BCUT2D eigenvalue weighted by Crippen LogP contribution is 2.22. The number of likely N-dealkylation sites (N-methyl/N-ethyl adjacent to an activating group) is 1. The van der Waals surface area contributed by atoms with E-state index in [0.717, 1.165) is 16.5 Å². The number of carboxylic acids is 1. The van der Waals surface area contributed by atoms with Crippen LogP contribution in [0.1, 0.15) is 19.8 Å². The monoisotopic (exact) mass is 261 g/mol. The molecule has 2 N–H and O–H groups in total. The highest BCUT2D eigenvalue weighted by atomic mass is 32.2. The van der Waals surface area contributed by atoms with Gasteiger partial charge in [0.15, 0.2) is 4.34 Å². The number of thioether (sulfide) groups is 1. The number of carbonyl (C=O) groups is 1. The van der Waals surface area contributed by atoms with Gasteiger partial charge in [0.1, 0.15) is 11.0 Å². The van der Waals surface area contributed by atoms with Crippen LogP contribution in [0, 0.1) is 0 Å². The Hall–Kier alpha value is -0.660. The number of aliphatic carboxylic acids is 1. The quantitative estimate of drug-likeness (QED) is 0.572. The number of carboxylic acid groups (broad SMARTS) is 1. The van der Waals surface area contributed by atoms with Crippen LogP contribution in [0.25, 0.3) is 0 Å². The first-order valence-corrected chi connectivity index (χ1v) is 6.76. The van der Waals surface area contributed by atoms with E-state index in [0.29, 0.717) is 6.42 Å². The van der Waals surface area contributed by atoms with Gasteiger partial charge in [-0.25, -0.2) is 0 Å². The molecule has 16 heavy (non-hydrogen) atoms. The lowest BCUT2D eigenvalue weighted by atomic mass is 9.97. The summed E-state index contributed by atoms with van der Waals surface area (Å²) in [5.74, 6) is 0.0515. The van der Waals surface area contributed by atoms with Gasteiger partial charge < -0.3 is 10.4 Å². The standard InChI is InChI=1S/C9H15N3O2S2/c1-9(10-2,7(13)14)4-3-5-15-8-12-11-6-16-8/h6,10H,3-5H2,1-2H3,(H,13,14). The molecule has 0 saturated carbocycles. The molecule has 0 radical (unpaired) electrons. The van der Waals surface area contributed by atoms with Crippen LogP contribution in [0.4, 0.5) is 0 Å². The van der Waals surface area contributed by atoms with Crippen LogP contribution in [0.2, 0.25) is 0 Å². The van der Waals surface area contributed by atoms with E-state index < -0.39 is 11.5 Å². The van der Waals surface area contributed by atoms with E-state index in [2.05, 4.69) is 15.5 Å². The van der Waals surface area contributed by atoms with Crippen LogP contribution < -0.4 is 5.32 Å². The van der Waals surface area contributed by atoms with Gasteiger partial charge in [0.05, 0.1) is 0 Å². The summed E-state index contributed by atoms with van der Waals surface area (Å²) in [5.41, 5.74) is 0.860. The molecule has 0 aliphatic carbocycles. The molecule has 1 unspecified atom stereocenters. The van der Waals surface area contributed by atoms with Gasteiger partial charge in [-0.1, -0.05) is 23.1 Å². The summed E-state index contributed by atoms with van der Waals surface area (Å²) in [6.45, 7) is 1.70. The fourth-order valence-corrected chi connectivity index (χ4v) is 2.65. The predicted octanol–water partition coefficient (Wildman–Crippen LogP) is 1.47. The lowest BCUT2D eigenvalue weighted by molar-refractivity contribution is -0.144. The molecule has 1 aromatic rings. The maximum Gasteiger partial charge on any atom is 0.323 e. The van der Waals surface area contributed by atoms with Crippen molar-refractivity contribution in [3.63, 3.8) is 0 Å². The number of nitrogens with one attached hydrogen (secondary N) is 1. The highest BCUT2D eigenvalue weighted by molar-refractivity contribution is 8.00. The summed E-state index contributed by atoms with van der Waals surface area (Å²) in [7, 11) is 1.67. The molecule has 0 bridgehead atoms. The Morgan fingerprint density at radius 2 is 2.50 bits per heavy atom. The van der Waals surface area contributed by atoms with Gasteiger partial charge in [-0.2, -0.15) is 0 Å². The van der Waals surface area contributed by atoms with Gasteiger partial charge in [-0.05, 0) is 26.8 Å². The molecule has 7 heteroatoms. The zero-order valence-electron chi connectivity index (χ0n) is 9.27. The van der Waals surface area contributed by atoms with Gasteiger partial charge in [-0.3, -0.25) is 4.79 Å². The zero-order chi connectivity index (χ0) is 12.0. The molecule has 1 rings (SSSR count). The molecule has 5 nitrogen and oxygen atoms in total. The SMILES string of the molecule is CNC(C)(CCCSc1nncs1)C(=O)O. The van der Waals surface area contributed by atoms with E-state index in [4.69, 9.17) is 5.11 Å². The second kappa shape index (κ2) is 6.17. The fraction of sp³-hybridized carbons (Fsp3) is 0.667. The maximum atomic E-state index is 11.0. The highest BCUT2D eigenvalue weighted by Gasteiger charge is 2.30. The Morgan fingerprint density at radius 3 is 3.00 bits per heavy atom. The van der Waals surface area contributed by atoms with Gasteiger partial charge >= 0.3 is 5.97 Å². The average molecular weight is 261 g/mol. The minimum Gasteiger partial charge on any atom is -0.480 e. The van der Waals surface area contributed by atoms with Gasteiger partial charge in [-0.15, -0.1) is 10.2 Å². The molecular formula is C9H15N3O2S2. The minimum absolute atomic E-state index is 0.602. The van der Waals surface area contributed by atoms with Crippen molar-refractivity contribution in [1.82, 2.24) is 15.5 Å². The molecule has 0 spiro atoms. The second-order valence-electron chi connectivity index (χ2n) is 3.54. The zero-order valence-corrected chi connectivity index (χ0v) is 10.9. The molecule has 90 valence electrons. The molecule has 1 heterocycles.